The van der Waals surface area contributed by atoms with E-state index in [0.717, 1.165) is 6.54 Å². The van der Waals surface area contributed by atoms with Gasteiger partial charge in [0, 0.05) is 18.8 Å². The van der Waals surface area contributed by atoms with Crippen LogP contribution in [-0.4, -0.2) is 25.6 Å². The van der Waals surface area contributed by atoms with Crippen molar-refractivity contribution in [1.29, 1.82) is 0 Å². The molecule has 6 heteroatoms. The summed E-state index contributed by atoms with van der Waals surface area (Å²) in [4.78, 5) is 4.68. The third kappa shape index (κ3) is 6.83. The number of hydrogen-bond acceptors (Lipinski definition) is 2. The van der Waals surface area contributed by atoms with E-state index in [4.69, 9.17) is 17.3 Å². The molecule has 4 N–H and O–H groups in total. The van der Waals surface area contributed by atoms with E-state index in [9.17, 15) is 4.39 Å². The number of halogens is 2. The maximum atomic E-state index is 13.4. The third-order valence-electron chi connectivity index (χ3n) is 4.68. The SMILES string of the molecule is CC(C)(CN)CN=C(NCC1CCCCC1)Nc1ccc(F)c(Cl)c1. The molecule has 1 saturated carbocycles. The van der Waals surface area contributed by atoms with Gasteiger partial charge in [0.1, 0.15) is 5.82 Å². The molecule has 0 atom stereocenters. The van der Waals surface area contributed by atoms with Crippen LogP contribution in [0, 0.1) is 17.2 Å². The fraction of sp³-hybridized carbons (Fsp3) is 0.632. The molecule has 0 aromatic heterocycles. The molecule has 1 aromatic rings. The van der Waals surface area contributed by atoms with Crippen molar-refractivity contribution in [2.24, 2.45) is 22.1 Å². The van der Waals surface area contributed by atoms with Gasteiger partial charge in [-0.3, -0.25) is 4.99 Å². The van der Waals surface area contributed by atoms with Gasteiger partial charge in [-0.05, 0) is 48.9 Å². The first kappa shape index (κ1) is 20.0. The maximum absolute atomic E-state index is 13.4. The molecule has 0 spiro atoms. The molecule has 0 radical (unpaired) electrons. The quantitative estimate of drug-likeness (QED) is 0.515. The normalized spacial score (nSPS) is 16.8. The molecule has 1 aromatic carbocycles. The Labute approximate surface area is 155 Å². The zero-order chi connectivity index (χ0) is 18.3. The lowest BCUT2D eigenvalue weighted by Crippen LogP contribution is -2.37. The first-order valence-corrected chi connectivity index (χ1v) is 9.48. The second-order valence-electron chi connectivity index (χ2n) is 7.67. The summed E-state index contributed by atoms with van der Waals surface area (Å²) in [6, 6.07) is 4.59. The van der Waals surface area contributed by atoms with Crippen LogP contribution in [0.3, 0.4) is 0 Å². The van der Waals surface area contributed by atoms with Gasteiger partial charge in [-0.25, -0.2) is 4.39 Å². The van der Waals surface area contributed by atoms with Gasteiger partial charge in [0.15, 0.2) is 5.96 Å². The summed E-state index contributed by atoms with van der Waals surface area (Å²) in [5.74, 6) is 0.944. The topological polar surface area (TPSA) is 62.4 Å². The smallest absolute Gasteiger partial charge is 0.195 e. The van der Waals surface area contributed by atoms with E-state index >= 15 is 0 Å². The summed E-state index contributed by atoms with van der Waals surface area (Å²) in [6.07, 6.45) is 6.47. The third-order valence-corrected chi connectivity index (χ3v) is 4.97. The number of benzene rings is 1. The Bertz CT molecular complexity index is 583. The minimum atomic E-state index is -0.426. The van der Waals surface area contributed by atoms with Crippen LogP contribution in [0.5, 0.6) is 0 Å². The van der Waals surface area contributed by atoms with Gasteiger partial charge in [0.2, 0.25) is 0 Å². The van der Waals surface area contributed by atoms with Crippen molar-refractivity contribution in [3.05, 3.63) is 29.0 Å². The Balaban J connectivity index is 2.04. The summed E-state index contributed by atoms with van der Waals surface area (Å²) in [7, 11) is 0. The molecule has 25 heavy (non-hydrogen) atoms. The molecule has 1 aliphatic carbocycles. The first-order chi connectivity index (χ1) is 11.9. The summed E-state index contributed by atoms with van der Waals surface area (Å²) in [5, 5.41) is 6.76. The van der Waals surface area contributed by atoms with Crippen molar-refractivity contribution in [3.8, 4) is 0 Å². The zero-order valence-electron chi connectivity index (χ0n) is 15.2. The predicted octanol–water partition coefficient (Wildman–Crippen LogP) is 4.40. The number of rotatable bonds is 6. The van der Waals surface area contributed by atoms with Crippen molar-refractivity contribution >= 4 is 23.2 Å². The lowest BCUT2D eigenvalue weighted by Gasteiger charge is -2.24. The molecule has 140 valence electrons. The second-order valence-corrected chi connectivity index (χ2v) is 8.08. The van der Waals surface area contributed by atoms with Crippen molar-refractivity contribution in [2.45, 2.75) is 46.0 Å². The lowest BCUT2D eigenvalue weighted by molar-refractivity contribution is 0.356. The van der Waals surface area contributed by atoms with Crippen LogP contribution >= 0.6 is 11.6 Å². The van der Waals surface area contributed by atoms with Crippen LogP contribution in [-0.2, 0) is 0 Å². The van der Waals surface area contributed by atoms with Crippen LogP contribution in [0.1, 0.15) is 46.0 Å². The average molecular weight is 369 g/mol. The van der Waals surface area contributed by atoms with Crippen LogP contribution in [0.2, 0.25) is 5.02 Å². The summed E-state index contributed by atoms with van der Waals surface area (Å²) < 4.78 is 13.4. The molecule has 0 heterocycles. The van der Waals surface area contributed by atoms with E-state index in [-0.39, 0.29) is 10.4 Å². The van der Waals surface area contributed by atoms with Crippen molar-refractivity contribution < 1.29 is 4.39 Å². The molecule has 0 bridgehead atoms. The Morgan fingerprint density at radius 1 is 1.32 bits per heavy atom. The lowest BCUT2D eigenvalue weighted by atomic mass is 9.89. The van der Waals surface area contributed by atoms with Crippen molar-refractivity contribution in [2.75, 3.05) is 25.0 Å². The predicted molar refractivity (Wildman–Crippen MR) is 105 cm³/mol. The van der Waals surface area contributed by atoms with Crippen molar-refractivity contribution in [1.82, 2.24) is 5.32 Å². The standard InChI is InChI=1S/C19H30ClFN4/c1-19(2,12-22)13-24-18(23-11-14-6-4-3-5-7-14)25-15-8-9-17(21)16(20)10-15/h8-10,14H,3-7,11-13,22H2,1-2H3,(H2,23,24,25). The fourth-order valence-electron chi connectivity index (χ4n) is 2.84. The minimum absolute atomic E-state index is 0.0696. The Morgan fingerprint density at radius 2 is 2.04 bits per heavy atom. The number of aliphatic imine (C=N–C) groups is 1. The largest absolute Gasteiger partial charge is 0.356 e. The summed E-state index contributed by atoms with van der Waals surface area (Å²) in [6.45, 7) is 6.24. The van der Waals surface area contributed by atoms with Gasteiger partial charge in [-0.15, -0.1) is 0 Å². The highest BCUT2D eigenvalue weighted by molar-refractivity contribution is 6.31. The first-order valence-electron chi connectivity index (χ1n) is 9.10. The molecular weight excluding hydrogens is 339 g/mol. The fourth-order valence-corrected chi connectivity index (χ4v) is 3.02. The van der Waals surface area contributed by atoms with E-state index in [1.54, 1.807) is 12.1 Å². The van der Waals surface area contributed by atoms with E-state index in [1.165, 1.54) is 38.2 Å². The van der Waals surface area contributed by atoms with Crippen LogP contribution in [0.25, 0.3) is 0 Å². The molecule has 1 aliphatic rings. The van der Waals surface area contributed by atoms with Gasteiger partial charge in [0.05, 0.1) is 5.02 Å². The highest BCUT2D eigenvalue weighted by Crippen LogP contribution is 2.23. The highest BCUT2D eigenvalue weighted by Gasteiger charge is 2.17. The molecule has 0 amide bonds. The molecule has 0 aliphatic heterocycles. The number of guanidine groups is 1. The monoisotopic (exact) mass is 368 g/mol. The van der Waals surface area contributed by atoms with Crippen LogP contribution in [0.4, 0.5) is 10.1 Å². The number of nitrogens with one attached hydrogen (secondary N) is 2. The Hall–Kier alpha value is -1.33. The van der Waals surface area contributed by atoms with Gasteiger partial charge >= 0.3 is 0 Å². The van der Waals surface area contributed by atoms with E-state index in [2.05, 4.69) is 29.5 Å². The summed E-state index contributed by atoms with van der Waals surface area (Å²) in [5.41, 5.74) is 6.45. The number of nitrogens with zero attached hydrogens (tertiary/aromatic N) is 1. The van der Waals surface area contributed by atoms with E-state index in [0.29, 0.717) is 30.7 Å². The molecule has 0 saturated heterocycles. The van der Waals surface area contributed by atoms with E-state index < -0.39 is 5.82 Å². The average Bonchev–Trinajstić information content (AvgIpc) is 2.61. The molecule has 1 fully saturated rings. The van der Waals surface area contributed by atoms with Crippen LogP contribution in [0.15, 0.2) is 23.2 Å². The molecular formula is C19H30ClFN4. The van der Waals surface area contributed by atoms with E-state index in [1.807, 2.05) is 0 Å². The molecule has 0 unspecified atom stereocenters. The Kier molecular flexibility index (Phi) is 7.51. The zero-order valence-corrected chi connectivity index (χ0v) is 16.0. The van der Waals surface area contributed by atoms with Crippen molar-refractivity contribution in [3.63, 3.8) is 0 Å². The van der Waals surface area contributed by atoms with Gasteiger partial charge < -0.3 is 16.4 Å². The number of hydrogen-bond donors (Lipinski definition) is 3. The van der Waals surface area contributed by atoms with Gasteiger partial charge in [-0.1, -0.05) is 44.7 Å². The van der Waals surface area contributed by atoms with Gasteiger partial charge in [-0.2, -0.15) is 0 Å². The summed E-state index contributed by atoms with van der Waals surface area (Å²) >= 11 is 5.88. The van der Waals surface area contributed by atoms with Gasteiger partial charge in [0.25, 0.3) is 0 Å². The second kappa shape index (κ2) is 9.39. The number of anilines is 1. The number of nitrogens with two attached hydrogens (primary N) is 1. The molecule has 4 nitrogen and oxygen atoms in total. The van der Waals surface area contributed by atoms with Crippen LogP contribution < -0.4 is 16.4 Å². The minimum Gasteiger partial charge on any atom is -0.356 e. The molecule has 2 rings (SSSR count). The Morgan fingerprint density at radius 3 is 2.68 bits per heavy atom. The highest BCUT2D eigenvalue weighted by atomic mass is 35.5. The maximum Gasteiger partial charge on any atom is 0.195 e.